The summed E-state index contributed by atoms with van der Waals surface area (Å²) in [6, 6.07) is 7.52. The highest BCUT2D eigenvalue weighted by molar-refractivity contribution is 5.87. The lowest BCUT2D eigenvalue weighted by molar-refractivity contribution is -0.148. The Morgan fingerprint density at radius 3 is 2.25 bits per heavy atom. The van der Waals surface area contributed by atoms with Crippen LogP contribution in [0.4, 0.5) is 0 Å². The minimum absolute atomic E-state index is 0.0210. The molecular formula is C19H23NO4. The molecule has 0 spiro atoms. The fraction of sp³-hybridized carbons (Fsp3) is 0.474. The summed E-state index contributed by atoms with van der Waals surface area (Å²) in [5.74, 6) is -1.41. The van der Waals surface area contributed by atoms with Crippen molar-refractivity contribution in [2.45, 2.75) is 25.8 Å². The van der Waals surface area contributed by atoms with E-state index in [2.05, 4.69) is 5.32 Å². The van der Waals surface area contributed by atoms with E-state index in [0.29, 0.717) is 0 Å². The Morgan fingerprint density at radius 2 is 1.71 bits per heavy atom. The molecule has 0 saturated heterocycles. The van der Waals surface area contributed by atoms with Gasteiger partial charge in [-0.15, -0.1) is 0 Å². The Morgan fingerprint density at radius 1 is 1.12 bits per heavy atom. The lowest BCUT2D eigenvalue weighted by Gasteiger charge is -2.31. The zero-order valence-electron chi connectivity index (χ0n) is 14.2. The number of allylic oxidation sites excluding steroid dienone is 2. The number of carbonyl (C=O) groups is 2. The number of ether oxygens (including phenoxy) is 1. The molecule has 4 atom stereocenters. The van der Waals surface area contributed by atoms with Crippen molar-refractivity contribution in [3.63, 3.8) is 0 Å². The quantitative estimate of drug-likeness (QED) is 0.814. The van der Waals surface area contributed by atoms with E-state index in [0.717, 1.165) is 17.7 Å². The summed E-state index contributed by atoms with van der Waals surface area (Å²) >= 11 is 0. The van der Waals surface area contributed by atoms with Gasteiger partial charge in [0.1, 0.15) is 5.75 Å². The van der Waals surface area contributed by atoms with Gasteiger partial charge in [-0.2, -0.15) is 0 Å². The maximum atomic E-state index is 12.8. The number of benzene rings is 1. The van der Waals surface area contributed by atoms with E-state index in [4.69, 9.17) is 4.74 Å². The summed E-state index contributed by atoms with van der Waals surface area (Å²) in [6.45, 7) is 3.84. The second-order valence-corrected chi connectivity index (χ2v) is 7.18. The zero-order chi connectivity index (χ0) is 17.5. The van der Waals surface area contributed by atoms with E-state index < -0.39 is 23.3 Å². The molecule has 1 aromatic rings. The van der Waals surface area contributed by atoms with Crippen molar-refractivity contribution >= 4 is 11.9 Å². The maximum Gasteiger partial charge on any atom is 0.307 e. The first-order chi connectivity index (χ1) is 11.3. The van der Waals surface area contributed by atoms with E-state index in [1.165, 1.54) is 0 Å². The highest BCUT2D eigenvalue weighted by Gasteiger charge is 2.52. The van der Waals surface area contributed by atoms with Crippen LogP contribution in [0.5, 0.6) is 5.75 Å². The summed E-state index contributed by atoms with van der Waals surface area (Å²) in [5.41, 5.74) is 0.361. The molecule has 4 unspecified atom stereocenters. The van der Waals surface area contributed by atoms with Crippen LogP contribution in [0.25, 0.3) is 0 Å². The van der Waals surface area contributed by atoms with E-state index in [-0.39, 0.29) is 17.7 Å². The smallest absolute Gasteiger partial charge is 0.307 e. The van der Waals surface area contributed by atoms with Crippen molar-refractivity contribution in [3.05, 3.63) is 42.0 Å². The summed E-state index contributed by atoms with van der Waals surface area (Å²) in [7, 11) is 1.61. The molecule has 5 heteroatoms. The SMILES string of the molecule is COc1ccc(C(C)(C)NC(=O)C2C3C=CC(C3)C2C(=O)O)cc1. The van der Waals surface area contributed by atoms with Crippen molar-refractivity contribution in [2.24, 2.45) is 23.7 Å². The molecule has 24 heavy (non-hydrogen) atoms. The first kappa shape index (κ1) is 16.6. The van der Waals surface area contributed by atoms with E-state index in [1.54, 1.807) is 7.11 Å². The van der Waals surface area contributed by atoms with Crippen LogP contribution in [0.1, 0.15) is 25.8 Å². The van der Waals surface area contributed by atoms with Gasteiger partial charge < -0.3 is 15.2 Å². The summed E-state index contributed by atoms with van der Waals surface area (Å²) in [5, 5.41) is 12.5. The number of carboxylic acid groups (broad SMARTS) is 1. The van der Waals surface area contributed by atoms with E-state index >= 15 is 0 Å². The number of carboxylic acids is 1. The number of carbonyl (C=O) groups excluding carboxylic acids is 1. The fourth-order valence-corrected chi connectivity index (χ4v) is 3.99. The van der Waals surface area contributed by atoms with Crippen LogP contribution in [0.2, 0.25) is 0 Å². The first-order valence-corrected chi connectivity index (χ1v) is 8.21. The second-order valence-electron chi connectivity index (χ2n) is 7.18. The second kappa shape index (κ2) is 5.96. The normalized spacial score (nSPS) is 28.0. The van der Waals surface area contributed by atoms with Gasteiger partial charge in [0.25, 0.3) is 0 Å². The molecule has 1 amide bonds. The number of nitrogens with one attached hydrogen (secondary N) is 1. The molecule has 1 aromatic carbocycles. The Hall–Kier alpha value is -2.30. The van der Waals surface area contributed by atoms with Crippen LogP contribution in [-0.2, 0) is 15.1 Å². The molecule has 2 aliphatic carbocycles. The molecule has 0 heterocycles. The predicted molar refractivity (Wildman–Crippen MR) is 89.5 cm³/mol. The third-order valence-electron chi connectivity index (χ3n) is 5.29. The predicted octanol–water partition coefficient (Wildman–Crippen LogP) is 2.57. The van der Waals surface area contributed by atoms with Crippen molar-refractivity contribution in [2.75, 3.05) is 7.11 Å². The number of hydrogen-bond donors (Lipinski definition) is 2. The monoisotopic (exact) mass is 329 g/mol. The lowest BCUT2D eigenvalue weighted by atomic mass is 9.81. The molecule has 0 radical (unpaired) electrons. The summed E-state index contributed by atoms with van der Waals surface area (Å²) < 4.78 is 5.16. The van der Waals surface area contributed by atoms with E-state index in [1.807, 2.05) is 50.3 Å². The van der Waals surface area contributed by atoms with Crippen molar-refractivity contribution in [1.29, 1.82) is 0 Å². The number of aliphatic carboxylic acids is 1. The standard InChI is InChI=1S/C19H23NO4/c1-19(2,13-6-8-14(24-3)9-7-13)20-17(21)15-11-4-5-12(10-11)16(15)18(22)23/h4-9,11-12,15-16H,10H2,1-3H3,(H,20,21)(H,22,23). The zero-order valence-corrected chi connectivity index (χ0v) is 14.2. The minimum atomic E-state index is -0.880. The molecular weight excluding hydrogens is 306 g/mol. The van der Waals surface area contributed by atoms with Crippen LogP contribution in [0.15, 0.2) is 36.4 Å². The third-order valence-corrected chi connectivity index (χ3v) is 5.29. The summed E-state index contributed by atoms with van der Waals surface area (Å²) in [4.78, 5) is 24.4. The van der Waals surface area contributed by atoms with Gasteiger partial charge in [0, 0.05) is 0 Å². The van der Waals surface area contributed by atoms with Gasteiger partial charge in [-0.25, -0.2) is 0 Å². The molecule has 0 aliphatic heterocycles. The van der Waals surface area contributed by atoms with Crippen LogP contribution < -0.4 is 10.1 Å². The first-order valence-electron chi connectivity index (χ1n) is 8.21. The van der Waals surface area contributed by atoms with Gasteiger partial charge in [-0.1, -0.05) is 24.3 Å². The van der Waals surface area contributed by atoms with Crippen molar-refractivity contribution in [1.82, 2.24) is 5.32 Å². The molecule has 2 N–H and O–H groups in total. The highest BCUT2D eigenvalue weighted by atomic mass is 16.5. The number of amides is 1. The van der Waals surface area contributed by atoms with Crippen LogP contribution in [0, 0.1) is 23.7 Å². The molecule has 1 fully saturated rings. The van der Waals surface area contributed by atoms with Crippen LogP contribution >= 0.6 is 0 Å². The third kappa shape index (κ3) is 2.79. The summed E-state index contributed by atoms with van der Waals surface area (Å²) in [6.07, 6.45) is 4.70. The molecule has 2 aliphatic rings. The lowest BCUT2D eigenvalue weighted by Crippen LogP contribution is -2.47. The van der Waals surface area contributed by atoms with Crippen LogP contribution in [-0.4, -0.2) is 24.1 Å². The van der Waals surface area contributed by atoms with Crippen molar-refractivity contribution < 1.29 is 19.4 Å². The maximum absolute atomic E-state index is 12.8. The number of rotatable bonds is 5. The molecule has 5 nitrogen and oxygen atoms in total. The average molecular weight is 329 g/mol. The van der Waals surface area contributed by atoms with Crippen LogP contribution in [0.3, 0.4) is 0 Å². The number of fused-ring (bicyclic) bond motifs is 2. The van der Waals surface area contributed by atoms with Gasteiger partial charge >= 0.3 is 5.97 Å². The van der Waals surface area contributed by atoms with E-state index in [9.17, 15) is 14.7 Å². The fourth-order valence-electron chi connectivity index (χ4n) is 3.99. The van der Waals surface area contributed by atoms with Gasteiger partial charge in [0.15, 0.2) is 0 Å². The Balaban J connectivity index is 1.77. The van der Waals surface area contributed by atoms with Gasteiger partial charge in [0.2, 0.25) is 5.91 Å². The highest BCUT2D eigenvalue weighted by Crippen LogP contribution is 2.48. The molecule has 2 bridgehead atoms. The largest absolute Gasteiger partial charge is 0.497 e. The molecule has 128 valence electrons. The molecule has 3 rings (SSSR count). The molecule has 1 saturated carbocycles. The number of hydrogen-bond acceptors (Lipinski definition) is 3. The Bertz CT molecular complexity index is 677. The number of methoxy groups -OCH3 is 1. The van der Waals surface area contributed by atoms with Crippen molar-refractivity contribution in [3.8, 4) is 5.75 Å². The van der Waals surface area contributed by atoms with Gasteiger partial charge in [-0.3, -0.25) is 9.59 Å². The molecule has 0 aromatic heterocycles. The Labute approximate surface area is 141 Å². The van der Waals surface area contributed by atoms with Gasteiger partial charge in [0.05, 0.1) is 24.5 Å². The van der Waals surface area contributed by atoms with Gasteiger partial charge in [-0.05, 0) is 49.8 Å². The average Bonchev–Trinajstić information content (AvgIpc) is 3.15. The minimum Gasteiger partial charge on any atom is -0.497 e. The Kier molecular flexibility index (Phi) is 4.11. The topological polar surface area (TPSA) is 75.6 Å².